The Hall–Kier alpha value is -6.61. The van der Waals surface area contributed by atoms with Gasteiger partial charge in [0.2, 0.25) is 0 Å². The van der Waals surface area contributed by atoms with E-state index in [2.05, 4.69) is 324 Å². The molecule has 110 heavy (non-hydrogen) atoms. The maximum Gasteiger partial charge on any atom is 0.136 e. The summed E-state index contributed by atoms with van der Waals surface area (Å²) in [4.78, 5) is 7.55. The Morgan fingerprint density at radius 2 is 0.718 bits per heavy atom. The molecule has 8 aromatic carbocycles. The van der Waals surface area contributed by atoms with Crippen LogP contribution in [0.25, 0.3) is 21.9 Å². The lowest BCUT2D eigenvalue weighted by atomic mass is 9.61. The number of nitrogens with zero attached hydrogens (tertiary/aromatic N) is 3. The Morgan fingerprint density at radius 1 is 0.364 bits per heavy atom. The molecule has 584 valence electrons. The monoisotopic (exact) mass is 1600 g/mol. The van der Waals surface area contributed by atoms with Crippen LogP contribution in [0, 0.1) is 0 Å². The van der Waals surface area contributed by atoms with Gasteiger partial charge in [0.25, 0.3) is 0 Å². The fraction of sp³-hybridized carbons (Fsp3) is 0.480. The minimum Gasteiger partial charge on any atom is -0.463 e. The molecule has 2 saturated carbocycles. The third-order valence-corrected chi connectivity index (χ3v) is 28.7. The van der Waals surface area contributed by atoms with Crippen LogP contribution in [0.15, 0.2) is 171 Å². The number of rotatable bonds is 5. The predicted octanol–water partition coefficient (Wildman–Crippen LogP) is 31.4. The van der Waals surface area contributed by atoms with Crippen molar-refractivity contribution in [3.63, 3.8) is 0 Å². The molecule has 4 heterocycles. The van der Waals surface area contributed by atoms with Crippen LogP contribution < -0.4 is 20.4 Å². The van der Waals surface area contributed by atoms with Crippen LogP contribution in [0.2, 0.25) is 15.1 Å². The Bertz CT molecular complexity index is 5100. The third-order valence-electron chi connectivity index (χ3n) is 27.5. The van der Waals surface area contributed by atoms with Gasteiger partial charge in [-0.3, -0.25) is 0 Å². The van der Waals surface area contributed by atoms with Crippen LogP contribution in [-0.2, 0) is 54.1 Å². The van der Waals surface area contributed by atoms with Gasteiger partial charge >= 0.3 is 0 Å². The molecule has 4 aliphatic carbocycles. The number of furan rings is 2. The van der Waals surface area contributed by atoms with Gasteiger partial charge in [-0.1, -0.05) is 261 Å². The third kappa shape index (κ3) is 14.7. The summed E-state index contributed by atoms with van der Waals surface area (Å²) in [5, 5.41) is 4.44. The molecule has 6 nitrogen and oxygen atoms in total. The Labute approximate surface area is 684 Å². The fourth-order valence-electron chi connectivity index (χ4n) is 19.5. The van der Waals surface area contributed by atoms with Gasteiger partial charge in [-0.15, -0.1) is 0 Å². The molecule has 2 N–H and O–H groups in total. The van der Waals surface area contributed by atoms with Gasteiger partial charge in [-0.25, -0.2) is 0 Å². The first-order chi connectivity index (χ1) is 51.0. The number of nitrogen functional groups attached to an aromatic ring is 1. The first-order valence-corrected chi connectivity index (χ1v) is 42.7. The van der Waals surface area contributed by atoms with E-state index < -0.39 is 0 Å². The van der Waals surface area contributed by atoms with E-state index in [1.165, 1.54) is 137 Å². The number of halogens is 4. The number of anilines is 8. The average molecular weight is 1600 g/mol. The second-order valence-corrected chi connectivity index (χ2v) is 43.3. The van der Waals surface area contributed by atoms with Crippen molar-refractivity contribution in [3.05, 3.63) is 233 Å². The fourth-order valence-corrected chi connectivity index (χ4v) is 20.7. The maximum absolute atomic E-state index is 7.28. The summed E-state index contributed by atoms with van der Waals surface area (Å²) >= 11 is 23.6. The van der Waals surface area contributed by atoms with Gasteiger partial charge in [-0.05, 0) is 277 Å². The van der Waals surface area contributed by atoms with Crippen molar-refractivity contribution in [3.8, 4) is 0 Å². The molecule has 4 atom stereocenters. The molecule has 0 radical (unpaired) electrons. The van der Waals surface area contributed by atoms with Crippen LogP contribution in [0.3, 0.4) is 0 Å². The van der Waals surface area contributed by atoms with Crippen LogP contribution in [0.5, 0.6) is 0 Å². The van der Waals surface area contributed by atoms with Crippen LogP contribution >= 0.6 is 50.7 Å². The second kappa shape index (κ2) is 28.4. The van der Waals surface area contributed by atoms with Crippen molar-refractivity contribution in [1.82, 2.24) is 0 Å². The van der Waals surface area contributed by atoms with Crippen molar-refractivity contribution in [1.29, 1.82) is 0 Å². The number of hydrogen-bond acceptors (Lipinski definition) is 6. The quantitative estimate of drug-likeness (QED) is 0.173. The van der Waals surface area contributed by atoms with Crippen molar-refractivity contribution in [2.24, 2.45) is 0 Å². The summed E-state index contributed by atoms with van der Waals surface area (Å²) in [6.45, 7) is 56.1. The highest BCUT2D eigenvalue weighted by atomic mass is 79.9. The number of hydrogen-bond donors (Lipinski definition) is 1. The normalized spacial score (nSPS) is 22.7. The molecule has 16 rings (SSSR count). The zero-order chi connectivity index (χ0) is 80.0. The van der Waals surface area contributed by atoms with E-state index in [-0.39, 0.29) is 65.2 Å². The van der Waals surface area contributed by atoms with Crippen molar-refractivity contribution in [2.75, 3.05) is 20.4 Å². The molecule has 10 heteroatoms. The van der Waals surface area contributed by atoms with E-state index in [1.54, 1.807) is 6.26 Å². The standard InChI is InChI=1S/C50H61ClN2O.C24H29Cl2N.C16H19BrO.C10H15N/c1-45(2,3)32-15-18-35(19-16-32)52(43-31-54-44-30-40-39(29-38(43)44)47(7,8)23-24-48(40,9)10)36-26-34(51)27-37(28-36)53-42-20-17-33(46(4,5)6)25-41(42)49(11)21-13-14-22-50(49,53)12;1-22(2,3)16-8-9-21-20(12-16)23(4)10-6-7-11-24(23,5)27(21)19-14-17(25)13-18(26)15-19;1-15(2)5-6-16(3,4)12-8-14-10(7-11(12)15)13(17)9-18-14;1-10(2,3)8-4-6-9(11)7-5-8/h15-20,25-31H,13-14,21-24H2,1-12H3;8-9,12-15H,6-7,10-11H2,1-5H3;7-9H,5-6H2,1-4H3;4-7H,11H2,1-3H3. The molecule has 0 amide bonds. The maximum atomic E-state index is 7.28. The molecule has 4 unspecified atom stereocenters. The van der Waals surface area contributed by atoms with Crippen LogP contribution in [0.4, 0.5) is 45.5 Å². The Kier molecular flexibility index (Phi) is 21.0. The van der Waals surface area contributed by atoms with Crippen LogP contribution in [-0.4, -0.2) is 11.1 Å². The summed E-state index contributed by atoms with van der Waals surface area (Å²) in [5.74, 6) is 0. The summed E-state index contributed by atoms with van der Waals surface area (Å²) in [5.41, 5.74) is 31.8. The largest absolute Gasteiger partial charge is 0.463 e. The highest BCUT2D eigenvalue weighted by molar-refractivity contribution is 9.10. The lowest BCUT2D eigenvalue weighted by Gasteiger charge is -2.50. The van der Waals surface area contributed by atoms with Gasteiger partial charge in [0.15, 0.2) is 0 Å². The summed E-state index contributed by atoms with van der Waals surface area (Å²) in [7, 11) is 0. The molecule has 6 aliphatic rings. The van der Waals surface area contributed by atoms with Crippen molar-refractivity contribution < 1.29 is 8.83 Å². The van der Waals surface area contributed by atoms with Crippen molar-refractivity contribution in [2.45, 2.75) is 308 Å². The minimum atomic E-state index is -0.0922. The number of benzene rings is 8. The van der Waals surface area contributed by atoms with Crippen LogP contribution in [0.1, 0.15) is 299 Å². The zero-order valence-electron chi connectivity index (χ0n) is 70.7. The Morgan fingerprint density at radius 3 is 1.15 bits per heavy atom. The van der Waals surface area contributed by atoms with Gasteiger partial charge < -0.3 is 29.3 Å². The Balaban J connectivity index is 0.000000155. The van der Waals surface area contributed by atoms with E-state index in [1.807, 2.05) is 24.5 Å². The second-order valence-electron chi connectivity index (χ2n) is 41.1. The number of fused-ring (bicyclic) bond motifs is 10. The van der Waals surface area contributed by atoms with Gasteiger partial charge in [0, 0.05) is 76.5 Å². The smallest absolute Gasteiger partial charge is 0.136 e. The van der Waals surface area contributed by atoms with E-state index in [0.717, 1.165) is 73.0 Å². The topological polar surface area (TPSA) is 62.0 Å². The molecule has 2 aliphatic heterocycles. The van der Waals surface area contributed by atoms with Crippen molar-refractivity contribution >= 4 is 118 Å². The van der Waals surface area contributed by atoms with Gasteiger partial charge in [0.05, 0.1) is 21.2 Å². The lowest BCUT2D eigenvalue weighted by molar-refractivity contribution is 0.195. The molecule has 0 bridgehead atoms. The zero-order valence-corrected chi connectivity index (χ0v) is 74.6. The van der Waals surface area contributed by atoms with Gasteiger partial charge in [0.1, 0.15) is 23.7 Å². The van der Waals surface area contributed by atoms with E-state index in [4.69, 9.17) is 49.4 Å². The molecule has 2 fully saturated rings. The highest BCUT2D eigenvalue weighted by Crippen LogP contribution is 2.64. The first-order valence-electron chi connectivity index (χ1n) is 40.7. The molecular formula is C100H124BrCl3N4O2. The molecule has 10 aromatic rings. The lowest BCUT2D eigenvalue weighted by Crippen LogP contribution is -2.54. The average Bonchev–Trinajstić information content (AvgIpc) is 1.53. The van der Waals surface area contributed by atoms with E-state index in [0.29, 0.717) is 10.0 Å². The summed E-state index contributed by atoms with van der Waals surface area (Å²) in [6, 6.07) is 53.4. The predicted molar refractivity (Wildman–Crippen MR) is 478 cm³/mol. The highest BCUT2D eigenvalue weighted by Gasteiger charge is 2.60. The molecule has 0 saturated heterocycles. The SMILES string of the molecule is CC(C)(C)c1ccc(N(c2cc(Cl)cc(N3c4ccc(C(C)(C)C)cc4C4(C)CCCCC34C)c2)c2coc3cc4c(cc23)C(C)(C)CCC4(C)C)cc1.CC(C)(C)c1ccc(N)cc1.CC(C)(C)c1ccc2c(c1)C1(C)CCCCC1(C)N2c1cc(Cl)cc(Cl)c1.CC1(C)CCC(C)(C)c2cc3c(Br)coc3cc21. The molecule has 0 spiro atoms. The minimum absolute atomic E-state index is 0.0211. The first kappa shape index (κ1) is 81.4. The van der Waals surface area contributed by atoms with E-state index in [9.17, 15) is 0 Å². The summed E-state index contributed by atoms with van der Waals surface area (Å²) in [6.07, 6.45) is 18.3. The molecule has 2 aromatic heterocycles. The van der Waals surface area contributed by atoms with E-state index >= 15 is 0 Å². The van der Waals surface area contributed by atoms with Gasteiger partial charge in [-0.2, -0.15) is 0 Å². The molecular weight excluding hydrogens is 1480 g/mol. The number of nitrogens with two attached hydrogens (primary N) is 1. The summed E-state index contributed by atoms with van der Waals surface area (Å²) < 4.78 is 13.2.